The maximum atomic E-state index is 12.0. The van der Waals surface area contributed by atoms with Crippen molar-refractivity contribution in [1.29, 1.82) is 0 Å². The minimum Gasteiger partial charge on any atom is -0.269 e. The van der Waals surface area contributed by atoms with Crippen molar-refractivity contribution in [1.82, 2.24) is 0 Å². The zero-order valence-electron chi connectivity index (χ0n) is 12.1. The zero-order valence-corrected chi connectivity index (χ0v) is 12.9. The van der Waals surface area contributed by atoms with Crippen LogP contribution in [0.5, 0.6) is 0 Å². The Bertz CT molecular complexity index is 697. The molecule has 20 heavy (non-hydrogen) atoms. The summed E-state index contributed by atoms with van der Waals surface area (Å²) in [5.74, 6) is -0.0894. The van der Waals surface area contributed by atoms with Crippen molar-refractivity contribution in [2.24, 2.45) is 5.41 Å². The van der Waals surface area contributed by atoms with Gasteiger partial charge in [-0.05, 0) is 21.8 Å². The summed E-state index contributed by atoms with van der Waals surface area (Å²) in [5, 5.41) is 2.14. The molecule has 0 aliphatic heterocycles. The zero-order chi connectivity index (χ0) is 14.8. The molecule has 2 rings (SSSR count). The molecule has 0 bridgehead atoms. The molecule has 0 unspecified atom stereocenters. The van der Waals surface area contributed by atoms with E-state index in [-0.39, 0.29) is 17.8 Å². The average Bonchev–Trinajstić information content (AvgIpc) is 2.35. The fourth-order valence-electron chi connectivity index (χ4n) is 1.84. The van der Waals surface area contributed by atoms with E-state index in [1.807, 2.05) is 63.2 Å². The van der Waals surface area contributed by atoms with Crippen LogP contribution in [0.25, 0.3) is 10.8 Å². The van der Waals surface area contributed by atoms with Gasteiger partial charge < -0.3 is 0 Å². The molecular formula is C16H20O3S. The van der Waals surface area contributed by atoms with Gasteiger partial charge in [0.25, 0.3) is 10.1 Å². The fourth-order valence-corrected chi connectivity index (χ4v) is 3.05. The summed E-state index contributed by atoms with van der Waals surface area (Å²) in [7, 11) is -3.54. The summed E-state index contributed by atoms with van der Waals surface area (Å²) in [6.07, 6.45) is 0. The summed E-state index contributed by atoms with van der Waals surface area (Å²) in [5.41, 5.74) is 0.578. The predicted molar refractivity (Wildman–Crippen MR) is 82.0 cm³/mol. The lowest BCUT2D eigenvalue weighted by Crippen LogP contribution is -2.19. The lowest BCUT2D eigenvalue weighted by Gasteiger charge is -2.17. The van der Waals surface area contributed by atoms with Crippen LogP contribution in [0.2, 0.25) is 0 Å². The van der Waals surface area contributed by atoms with E-state index >= 15 is 0 Å². The van der Waals surface area contributed by atoms with E-state index in [4.69, 9.17) is 4.18 Å². The standard InChI is InChI=1S/C16H20O3S/c1-16(2,3)12-19-20(17,18)11-13-8-9-14-6-4-5-7-15(14)10-13/h4-10H,11-12H2,1-3H3. The Hall–Kier alpha value is -1.39. The molecule has 0 saturated carbocycles. The van der Waals surface area contributed by atoms with Crippen LogP contribution >= 0.6 is 0 Å². The smallest absolute Gasteiger partial charge is 0.269 e. The molecule has 0 radical (unpaired) electrons. The molecule has 0 amide bonds. The highest BCUT2D eigenvalue weighted by Crippen LogP contribution is 2.19. The summed E-state index contributed by atoms with van der Waals surface area (Å²) in [4.78, 5) is 0. The minimum absolute atomic E-state index is 0.0894. The SMILES string of the molecule is CC(C)(C)COS(=O)(=O)Cc1ccc2ccccc2c1. The molecule has 0 N–H and O–H groups in total. The van der Waals surface area contributed by atoms with Gasteiger partial charge in [-0.2, -0.15) is 8.42 Å². The average molecular weight is 292 g/mol. The van der Waals surface area contributed by atoms with Crippen molar-refractivity contribution >= 4 is 20.9 Å². The third-order valence-corrected chi connectivity index (χ3v) is 3.99. The normalized spacial score (nSPS) is 12.8. The van der Waals surface area contributed by atoms with Gasteiger partial charge in [0.15, 0.2) is 0 Å². The summed E-state index contributed by atoms with van der Waals surface area (Å²) in [6.45, 7) is 6.03. The first kappa shape index (κ1) is 15.0. The fraction of sp³-hybridized carbons (Fsp3) is 0.375. The quantitative estimate of drug-likeness (QED) is 0.806. The van der Waals surface area contributed by atoms with Crippen LogP contribution in [-0.2, 0) is 20.1 Å². The minimum atomic E-state index is -3.54. The van der Waals surface area contributed by atoms with E-state index < -0.39 is 10.1 Å². The number of rotatable bonds is 4. The van der Waals surface area contributed by atoms with Crippen LogP contribution in [0.3, 0.4) is 0 Å². The van der Waals surface area contributed by atoms with Crippen LogP contribution in [0.4, 0.5) is 0 Å². The number of fused-ring (bicyclic) bond motifs is 1. The van der Waals surface area contributed by atoms with Gasteiger partial charge >= 0.3 is 0 Å². The summed E-state index contributed by atoms with van der Waals surface area (Å²) < 4.78 is 29.0. The van der Waals surface area contributed by atoms with E-state index in [9.17, 15) is 8.42 Å². The Morgan fingerprint density at radius 2 is 1.65 bits per heavy atom. The molecule has 2 aromatic rings. The molecule has 2 aromatic carbocycles. The van der Waals surface area contributed by atoms with Gasteiger partial charge in [-0.1, -0.05) is 63.2 Å². The highest BCUT2D eigenvalue weighted by atomic mass is 32.2. The van der Waals surface area contributed by atoms with Crippen LogP contribution in [-0.4, -0.2) is 15.0 Å². The molecule has 3 nitrogen and oxygen atoms in total. The first-order valence-electron chi connectivity index (χ1n) is 6.60. The number of benzene rings is 2. The molecular weight excluding hydrogens is 272 g/mol. The molecule has 0 heterocycles. The highest BCUT2D eigenvalue weighted by Gasteiger charge is 2.18. The van der Waals surface area contributed by atoms with E-state index in [1.54, 1.807) is 0 Å². The molecule has 0 aliphatic rings. The Kier molecular flexibility index (Phi) is 4.16. The maximum Gasteiger partial charge on any atom is 0.271 e. The lowest BCUT2D eigenvalue weighted by atomic mass is 9.99. The molecule has 0 aromatic heterocycles. The van der Waals surface area contributed by atoms with Crippen molar-refractivity contribution in [2.45, 2.75) is 26.5 Å². The van der Waals surface area contributed by atoms with Crippen LogP contribution in [0, 0.1) is 5.41 Å². The molecule has 0 atom stereocenters. The largest absolute Gasteiger partial charge is 0.271 e. The van der Waals surface area contributed by atoms with Crippen molar-refractivity contribution in [2.75, 3.05) is 6.61 Å². The van der Waals surface area contributed by atoms with Gasteiger partial charge in [0.2, 0.25) is 0 Å². The topological polar surface area (TPSA) is 43.4 Å². The Morgan fingerprint density at radius 3 is 2.30 bits per heavy atom. The first-order chi connectivity index (χ1) is 9.25. The second-order valence-electron chi connectivity index (χ2n) is 6.21. The third kappa shape index (κ3) is 4.32. The highest BCUT2D eigenvalue weighted by molar-refractivity contribution is 7.85. The Balaban J connectivity index is 2.15. The van der Waals surface area contributed by atoms with Gasteiger partial charge in [0, 0.05) is 0 Å². The van der Waals surface area contributed by atoms with Gasteiger partial charge in [-0.25, -0.2) is 0 Å². The van der Waals surface area contributed by atoms with Crippen molar-refractivity contribution in [3.8, 4) is 0 Å². The molecule has 0 spiro atoms. The number of hydrogen-bond acceptors (Lipinski definition) is 3. The first-order valence-corrected chi connectivity index (χ1v) is 8.18. The molecule has 0 fully saturated rings. The second kappa shape index (κ2) is 5.54. The predicted octanol–water partition coefficient (Wildman–Crippen LogP) is 3.73. The molecule has 4 heteroatoms. The molecule has 0 saturated heterocycles. The monoisotopic (exact) mass is 292 g/mol. The van der Waals surface area contributed by atoms with E-state index in [0.29, 0.717) is 0 Å². The van der Waals surface area contributed by atoms with Crippen LogP contribution < -0.4 is 0 Å². The summed E-state index contributed by atoms with van der Waals surface area (Å²) >= 11 is 0. The summed E-state index contributed by atoms with van der Waals surface area (Å²) in [6, 6.07) is 13.5. The Morgan fingerprint density at radius 1 is 1.00 bits per heavy atom. The Labute approximate surface area is 120 Å². The second-order valence-corrected chi connectivity index (χ2v) is 7.85. The maximum absolute atomic E-state index is 12.0. The molecule has 108 valence electrons. The van der Waals surface area contributed by atoms with E-state index in [2.05, 4.69) is 0 Å². The van der Waals surface area contributed by atoms with Crippen molar-refractivity contribution < 1.29 is 12.6 Å². The van der Waals surface area contributed by atoms with Crippen LogP contribution in [0.15, 0.2) is 42.5 Å². The van der Waals surface area contributed by atoms with Crippen molar-refractivity contribution in [3.05, 3.63) is 48.0 Å². The van der Waals surface area contributed by atoms with Gasteiger partial charge in [0.1, 0.15) is 5.75 Å². The number of hydrogen-bond donors (Lipinski definition) is 0. The lowest BCUT2D eigenvalue weighted by molar-refractivity contribution is 0.203. The molecule has 0 aliphatic carbocycles. The van der Waals surface area contributed by atoms with Gasteiger partial charge in [-0.3, -0.25) is 4.18 Å². The van der Waals surface area contributed by atoms with Gasteiger partial charge in [0.05, 0.1) is 6.61 Å². The van der Waals surface area contributed by atoms with E-state index in [1.165, 1.54) is 0 Å². The van der Waals surface area contributed by atoms with Gasteiger partial charge in [-0.15, -0.1) is 0 Å². The van der Waals surface area contributed by atoms with E-state index in [0.717, 1.165) is 16.3 Å². The van der Waals surface area contributed by atoms with Crippen molar-refractivity contribution in [3.63, 3.8) is 0 Å². The third-order valence-electron chi connectivity index (χ3n) is 2.83. The van der Waals surface area contributed by atoms with Crippen LogP contribution in [0.1, 0.15) is 26.3 Å².